The minimum Gasteiger partial charge on any atom is -0.305 e. The van der Waals surface area contributed by atoms with E-state index >= 15 is 0 Å². The zero-order valence-electron chi connectivity index (χ0n) is 19.2. The number of thiophene rings is 1. The maximum atomic E-state index is 13.8. The van der Waals surface area contributed by atoms with Gasteiger partial charge < -0.3 is 5.32 Å². The summed E-state index contributed by atoms with van der Waals surface area (Å²) in [5, 5.41) is 13.1. The van der Waals surface area contributed by atoms with Gasteiger partial charge in [-0.2, -0.15) is 23.4 Å². The first-order valence-electron chi connectivity index (χ1n) is 12.1. The first kappa shape index (κ1) is 22.0. The summed E-state index contributed by atoms with van der Waals surface area (Å²) in [5.41, 5.74) is -1.01. The molecule has 0 saturated heterocycles. The van der Waals surface area contributed by atoms with E-state index in [0.29, 0.717) is 15.2 Å². The highest BCUT2D eigenvalue weighted by atomic mass is 32.1. The van der Waals surface area contributed by atoms with Crippen molar-refractivity contribution >= 4 is 28.7 Å². The third-order valence-corrected chi connectivity index (χ3v) is 9.00. The van der Waals surface area contributed by atoms with Crippen molar-refractivity contribution < 1.29 is 18.0 Å². The van der Waals surface area contributed by atoms with E-state index in [4.69, 9.17) is 5.10 Å². The lowest BCUT2D eigenvalue weighted by atomic mass is 9.53. The minimum atomic E-state index is -4.66. The summed E-state index contributed by atoms with van der Waals surface area (Å²) in [6, 6.07) is 6.15. The van der Waals surface area contributed by atoms with E-state index in [1.807, 2.05) is 10.9 Å². The molecule has 8 rings (SSSR count). The number of nitrogens with one attached hydrogen (secondary N) is 1. The van der Waals surface area contributed by atoms with Gasteiger partial charge in [-0.1, -0.05) is 6.07 Å². The van der Waals surface area contributed by atoms with Crippen LogP contribution < -0.4 is 5.32 Å². The van der Waals surface area contributed by atoms with Crippen LogP contribution in [0.25, 0.3) is 16.2 Å². The van der Waals surface area contributed by atoms with Crippen molar-refractivity contribution in [2.24, 2.45) is 17.8 Å². The Hall–Kier alpha value is -3.21. The Labute approximate surface area is 208 Å². The third kappa shape index (κ3) is 3.47. The first-order chi connectivity index (χ1) is 17.3. The second-order valence-electron chi connectivity index (χ2n) is 10.5. The molecule has 4 aromatic heterocycles. The molecule has 4 aliphatic carbocycles. The summed E-state index contributed by atoms with van der Waals surface area (Å²) in [4.78, 5) is 18.1. The highest BCUT2D eigenvalue weighted by Gasteiger charge is 2.52. The van der Waals surface area contributed by atoms with Crippen molar-refractivity contribution in [2.75, 3.05) is 5.32 Å². The fraction of sp³-hybridized carbons (Fsp3) is 0.440. The number of hydrogen-bond acceptors (Lipinski definition) is 5. The number of alkyl halides is 3. The number of amides is 1. The Morgan fingerprint density at radius 2 is 1.83 bits per heavy atom. The van der Waals surface area contributed by atoms with Crippen LogP contribution in [-0.2, 0) is 11.7 Å². The molecule has 1 N–H and O–H groups in total. The molecule has 4 bridgehead atoms. The van der Waals surface area contributed by atoms with E-state index in [0.717, 1.165) is 49.3 Å². The summed E-state index contributed by atoms with van der Waals surface area (Å²) >= 11 is 1.28. The molecule has 0 aromatic carbocycles. The fourth-order valence-electron chi connectivity index (χ4n) is 7.06. The van der Waals surface area contributed by atoms with Crippen LogP contribution in [-0.4, -0.2) is 30.3 Å². The quantitative estimate of drug-likeness (QED) is 0.372. The van der Waals surface area contributed by atoms with E-state index in [1.54, 1.807) is 23.6 Å². The largest absolute Gasteiger partial charge is 0.433 e. The lowest BCUT2D eigenvalue weighted by Gasteiger charge is -2.56. The Balaban J connectivity index is 1.21. The molecule has 0 atom stereocenters. The molecule has 36 heavy (non-hydrogen) atoms. The minimum absolute atomic E-state index is 0.0148. The Kier molecular flexibility index (Phi) is 4.68. The van der Waals surface area contributed by atoms with Gasteiger partial charge in [-0.05, 0) is 73.8 Å². The molecule has 186 valence electrons. The molecule has 4 aliphatic rings. The number of fused-ring (bicyclic) bond motifs is 1. The van der Waals surface area contributed by atoms with E-state index in [2.05, 4.69) is 15.4 Å². The summed E-state index contributed by atoms with van der Waals surface area (Å²) in [5.74, 6) is 2.04. The van der Waals surface area contributed by atoms with Gasteiger partial charge in [0.25, 0.3) is 5.91 Å². The SMILES string of the molecule is O=C(Nc1ccn(C23CC4CC(CC(C4)C2)C3)n1)c1cnn2c(C(F)(F)F)cc(-c3cccs3)nc12. The standard InChI is InChI=1S/C25H23F3N6OS/c26-25(27,28)20-9-18(19-2-1-5-36-19)30-22-17(13-29-34(20)22)23(35)31-21-3-4-33(32-21)24-10-14-6-15(11-24)8-16(7-14)12-24/h1-5,9,13-16H,6-8,10-12H2,(H,31,32,35). The van der Waals surface area contributed by atoms with Gasteiger partial charge in [0.15, 0.2) is 17.2 Å². The van der Waals surface area contributed by atoms with Gasteiger partial charge in [0.1, 0.15) is 5.56 Å². The van der Waals surface area contributed by atoms with Gasteiger partial charge in [0, 0.05) is 12.3 Å². The topological polar surface area (TPSA) is 77.1 Å². The molecule has 0 aliphatic heterocycles. The van der Waals surface area contributed by atoms with Crippen LogP contribution in [0, 0.1) is 17.8 Å². The van der Waals surface area contributed by atoms with E-state index in [1.165, 1.54) is 30.6 Å². The third-order valence-electron chi connectivity index (χ3n) is 8.10. The summed E-state index contributed by atoms with van der Waals surface area (Å²) in [7, 11) is 0. The highest BCUT2D eigenvalue weighted by molar-refractivity contribution is 7.13. The average molecular weight is 513 g/mol. The average Bonchev–Trinajstić information content (AvgIpc) is 3.57. The summed E-state index contributed by atoms with van der Waals surface area (Å²) in [6.45, 7) is 0. The number of rotatable bonds is 4. The van der Waals surface area contributed by atoms with E-state index in [9.17, 15) is 18.0 Å². The van der Waals surface area contributed by atoms with Crippen molar-refractivity contribution in [1.29, 1.82) is 0 Å². The molecule has 11 heteroatoms. The van der Waals surface area contributed by atoms with Crippen LogP contribution >= 0.6 is 11.3 Å². The second kappa shape index (κ2) is 7.64. The maximum Gasteiger partial charge on any atom is 0.433 e. The molecule has 0 spiro atoms. The molecule has 4 fully saturated rings. The number of nitrogens with zero attached hydrogens (tertiary/aromatic N) is 5. The Morgan fingerprint density at radius 3 is 2.47 bits per heavy atom. The van der Waals surface area contributed by atoms with Gasteiger partial charge in [-0.3, -0.25) is 9.48 Å². The predicted molar refractivity (Wildman–Crippen MR) is 128 cm³/mol. The van der Waals surface area contributed by atoms with Crippen molar-refractivity contribution in [3.63, 3.8) is 0 Å². The Bertz CT molecular complexity index is 1440. The monoisotopic (exact) mass is 512 g/mol. The second-order valence-corrected chi connectivity index (χ2v) is 11.5. The number of carbonyl (C=O) groups excluding carboxylic acids is 1. The highest BCUT2D eigenvalue weighted by Crippen LogP contribution is 2.58. The lowest BCUT2D eigenvalue weighted by molar-refractivity contribution is -0.142. The molecule has 0 unspecified atom stereocenters. The molecular weight excluding hydrogens is 489 g/mol. The summed E-state index contributed by atoms with van der Waals surface area (Å²) in [6.07, 6.45) is 5.71. The predicted octanol–water partition coefficient (Wildman–Crippen LogP) is 5.85. The molecule has 7 nitrogen and oxygen atoms in total. The van der Waals surface area contributed by atoms with E-state index in [-0.39, 0.29) is 22.4 Å². The first-order valence-corrected chi connectivity index (χ1v) is 13.0. The van der Waals surface area contributed by atoms with Crippen LogP contribution in [0.2, 0.25) is 0 Å². The van der Waals surface area contributed by atoms with Crippen LogP contribution in [0.4, 0.5) is 19.0 Å². The number of carbonyl (C=O) groups is 1. The zero-order chi connectivity index (χ0) is 24.7. The maximum absolute atomic E-state index is 13.8. The number of hydrogen-bond donors (Lipinski definition) is 1. The fourth-order valence-corrected chi connectivity index (χ4v) is 7.75. The summed E-state index contributed by atoms with van der Waals surface area (Å²) < 4.78 is 44.1. The van der Waals surface area contributed by atoms with Gasteiger partial charge in [0.05, 0.1) is 22.3 Å². The molecule has 4 aromatic rings. The normalized spacial score (nSPS) is 27.1. The van der Waals surface area contributed by atoms with Gasteiger partial charge in [0.2, 0.25) is 0 Å². The van der Waals surface area contributed by atoms with Crippen LogP contribution in [0.1, 0.15) is 54.6 Å². The van der Waals surface area contributed by atoms with Crippen molar-refractivity contribution in [3.05, 3.63) is 53.3 Å². The number of aromatic nitrogens is 5. The van der Waals surface area contributed by atoms with Crippen LogP contribution in [0.15, 0.2) is 42.0 Å². The zero-order valence-corrected chi connectivity index (χ0v) is 20.0. The lowest BCUT2D eigenvalue weighted by Crippen LogP contribution is -2.52. The van der Waals surface area contributed by atoms with Crippen molar-refractivity contribution in [1.82, 2.24) is 24.4 Å². The smallest absolute Gasteiger partial charge is 0.305 e. The van der Waals surface area contributed by atoms with Crippen molar-refractivity contribution in [2.45, 2.75) is 50.2 Å². The van der Waals surface area contributed by atoms with Crippen LogP contribution in [0.5, 0.6) is 0 Å². The molecule has 4 saturated carbocycles. The van der Waals surface area contributed by atoms with Crippen molar-refractivity contribution in [3.8, 4) is 10.6 Å². The van der Waals surface area contributed by atoms with Gasteiger partial charge in [-0.15, -0.1) is 11.3 Å². The van der Waals surface area contributed by atoms with Gasteiger partial charge in [-0.25, -0.2) is 9.50 Å². The molecule has 0 radical (unpaired) electrons. The molecule has 4 heterocycles. The van der Waals surface area contributed by atoms with E-state index < -0.39 is 17.8 Å². The number of anilines is 1. The molecule has 1 amide bonds. The molecular formula is C25H23F3N6OS. The Morgan fingerprint density at radius 1 is 1.11 bits per heavy atom. The van der Waals surface area contributed by atoms with Gasteiger partial charge >= 0.3 is 6.18 Å². The van der Waals surface area contributed by atoms with Crippen LogP contribution in [0.3, 0.4) is 0 Å². The number of halogens is 3.